The van der Waals surface area contributed by atoms with E-state index in [1.54, 1.807) is 0 Å². The average molecular weight is 519 g/mol. The highest BCUT2D eigenvalue weighted by Crippen LogP contribution is 2.39. The second-order valence-corrected chi connectivity index (χ2v) is 15.4. The highest BCUT2D eigenvalue weighted by atomic mass is 28.4. The zero-order valence-corrected chi connectivity index (χ0v) is 23.4. The van der Waals surface area contributed by atoms with Gasteiger partial charge in [0, 0.05) is 13.5 Å². The molecule has 0 aromatic heterocycles. The average Bonchev–Trinajstić information content (AvgIpc) is 3.48. The van der Waals surface area contributed by atoms with Gasteiger partial charge in [-0.05, 0) is 69.1 Å². The quantitative estimate of drug-likeness (QED) is 0.241. The molecule has 0 amide bonds. The normalized spacial score (nSPS) is 31.5. The molecule has 6 nitrogen and oxygen atoms in total. The van der Waals surface area contributed by atoms with Crippen molar-refractivity contribution in [2.24, 2.45) is 5.92 Å². The summed E-state index contributed by atoms with van der Waals surface area (Å²) in [5.41, 5.74) is 1.21. The number of benzene rings is 1. The minimum atomic E-state index is -1.65. The third-order valence-corrected chi connectivity index (χ3v) is 10.2. The van der Waals surface area contributed by atoms with Crippen LogP contribution in [-0.2, 0) is 34.7 Å². The van der Waals surface area contributed by atoms with Gasteiger partial charge in [-0.1, -0.05) is 36.4 Å². The first-order valence-electron chi connectivity index (χ1n) is 13.8. The van der Waals surface area contributed by atoms with E-state index < -0.39 is 8.32 Å². The summed E-state index contributed by atoms with van der Waals surface area (Å²) in [6, 6.07) is 11.6. The zero-order valence-electron chi connectivity index (χ0n) is 22.4. The lowest BCUT2D eigenvalue weighted by atomic mass is 9.90. The lowest BCUT2D eigenvalue weighted by Gasteiger charge is -2.37. The topological polar surface area (TPSA) is 55.4 Å². The summed E-state index contributed by atoms with van der Waals surface area (Å²) in [7, 11) is 0.174. The molecular weight excluding hydrogens is 472 g/mol. The van der Waals surface area contributed by atoms with E-state index in [1.165, 1.54) is 11.6 Å². The molecule has 3 fully saturated rings. The Bertz CT molecular complexity index is 783. The Morgan fingerprint density at radius 1 is 1.06 bits per heavy atom. The van der Waals surface area contributed by atoms with Gasteiger partial charge in [0.15, 0.2) is 14.6 Å². The molecule has 1 aromatic carbocycles. The predicted molar refractivity (Wildman–Crippen MR) is 143 cm³/mol. The van der Waals surface area contributed by atoms with Crippen molar-refractivity contribution in [3.63, 3.8) is 0 Å². The van der Waals surface area contributed by atoms with Gasteiger partial charge in [-0.3, -0.25) is 0 Å². The van der Waals surface area contributed by atoms with Crippen LogP contribution in [0, 0.1) is 5.92 Å². The molecule has 7 heteroatoms. The molecule has 3 aliphatic rings. The standard InChI is InChI=1S/C29H46O6Si/c1-5-9-24-16-26(33-20-22-10-7-6-8-11-22)18-27(34-24)17-25(30-2)19-28-23(21-36(3,4)35-28)12-13-29-31-14-15-32-29/h5-8,10-11,23-29H,1,9,12-21H2,2-4H3/t23-,24+,25+,26-,27-,28-/m1/s1. The molecule has 0 radical (unpaired) electrons. The first kappa shape index (κ1) is 28.0. The van der Waals surface area contributed by atoms with Gasteiger partial charge in [-0.2, -0.15) is 0 Å². The van der Waals surface area contributed by atoms with Crippen LogP contribution in [0.1, 0.15) is 50.5 Å². The molecule has 3 saturated heterocycles. The molecule has 6 atom stereocenters. The van der Waals surface area contributed by atoms with Crippen LogP contribution in [0.3, 0.4) is 0 Å². The van der Waals surface area contributed by atoms with Crippen molar-refractivity contribution in [2.45, 2.75) is 108 Å². The SMILES string of the molecule is C=CC[C@H]1C[C@@H](OCc2ccccc2)C[C@@H](C[C@@H](C[C@H]2O[Si](C)(C)C[C@H]2CCC2OCCO2)OC)O1. The Kier molecular flexibility index (Phi) is 10.6. The highest BCUT2D eigenvalue weighted by Gasteiger charge is 2.43. The number of hydrogen-bond donors (Lipinski definition) is 0. The van der Waals surface area contributed by atoms with Crippen molar-refractivity contribution in [1.82, 2.24) is 0 Å². The fourth-order valence-corrected chi connectivity index (χ4v) is 9.02. The minimum absolute atomic E-state index is 0.0421. The maximum absolute atomic E-state index is 6.66. The molecule has 0 aliphatic carbocycles. The van der Waals surface area contributed by atoms with E-state index in [-0.39, 0.29) is 36.8 Å². The van der Waals surface area contributed by atoms with Gasteiger partial charge in [0.2, 0.25) is 0 Å². The van der Waals surface area contributed by atoms with E-state index in [4.69, 9.17) is 28.1 Å². The fourth-order valence-electron chi connectivity index (χ4n) is 6.09. The molecule has 0 spiro atoms. The summed E-state index contributed by atoms with van der Waals surface area (Å²) in [4.78, 5) is 0. The van der Waals surface area contributed by atoms with E-state index in [0.29, 0.717) is 25.7 Å². The lowest BCUT2D eigenvalue weighted by molar-refractivity contribution is -0.131. The molecule has 0 N–H and O–H groups in total. The molecule has 0 saturated carbocycles. The van der Waals surface area contributed by atoms with Gasteiger partial charge in [0.1, 0.15) is 0 Å². The number of methoxy groups -OCH3 is 1. The largest absolute Gasteiger partial charge is 0.414 e. The molecule has 0 bridgehead atoms. The Labute approximate surface area is 218 Å². The molecule has 3 heterocycles. The highest BCUT2D eigenvalue weighted by molar-refractivity contribution is 6.71. The second-order valence-electron chi connectivity index (χ2n) is 11.3. The van der Waals surface area contributed by atoms with E-state index in [0.717, 1.165) is 44.9 Å². The number of rotatable bonds is 13. The summed E-state index contributed by atoms with van der Waals surface area (Å²) in [5.74, 6) is 0.542. The van der Waals surface area contributed by atoms with Crippen molar-refractivity contribution in [3.05, 3.63) is 48.6 Å². The summed E-state index contributed by atoms with van der Waals surface area (Å²) in [6.07, 6.45) is 9.13. The van der Waals surface area contributed by atoms with Gasteiger partial charge in [-0.15, -0.1) is 6.58 Å². The maximum atomic E-state index is 6.66. The Balaban J connectivity index is 1.32. The van der Waals surface area contributed by atoms with Crippen LogP contribution in [-0.4, -0.2) is 65.5 Å². The number of hydrogen-bond acceptors (Lipinski definition) is 6. The smallest absolute Gasteiger partial charge is 0.187 e. The van der Waals surface area contributed by atoms with Crippen LogP contribution in [0.4, 0.5) is 0 Å². The van der Waals surface area contributed by atoms with Crippen LogP contribution in [0.25, 0.3) is 0 Å². The van der Waals surface area contributed by atoms with Gasteiger partial charge in [0.25, 0.3) is 0 Å². The van der Waals surface area contributed by atoms with E-state index in [2.05, 4.69) is 43.9 Å². The first-order chi connectivity index (χ1) is 17.4. The summed E-state index contributed by atoms with van der Waals surface area (Å²) >= 11 is 0. The molecule has 1 aromatic rings. The Morgan fingerprint density at radius 2 is 1.81 bits per heavy atom. The molecule has 202 valence electrons. The Hall–Kier alpha value is -1.06. The van der Waals surface area contributed by atoms with E-state index >= 15 is 0 Å². The van der Waals surface area contributed by atoms with Gasteiger partial charge >= 0.3 is 0 Å². The minimum Gasteiger partial charge on any atom is -0.414 e. The first-order valence-corrected chi connectivity index (χ1v) is 16.9. The third-order valence-electron chi connectivity index (χ3n) is 7.76. The second kappa shape index (κ2) is 13.6. The van der Waals surface area contributed by atoms with Crippen LogP contribution in [0.2, 0.25) is 19.1 Å². The van der Waals surface area contributed by atoms with Gasteiger partial charge < -0.3 is 28.1 Å². The van der Waals surface area contributed by atoms with Crippen LogP contribution in [0.5, 0.6) is 0 Å². The molecule has 0 unspecified atom stereocenters. The van der Waals surface area contributed by atoms with Crippen LogP contribution in [0.15, 0.2) is 43.0 Å². The van der Waals surface area contributed by atoms with Crippen LogP contribution < -0.4 is 0 Å². The third kappa shape index (κ3) is 8.48. The zero-order chi connectivity index (χ0) is 25.4. The summed E-state index contributed by atoms with van der Waals surface area (Å²) < 4.78 is 36.9. The number of ether oxygens (including phenoxy) is 5. The van der Waals surface area contributed by atoms with Crippen molar-refractivity contribution in [3.8, 4) is 0 Å². The molecule has 4 rings (SSSR count). The van der Waals surface area contributed by atoms with Gasteiger partial charge in [-0.25, -0.2) is 0 Å². The van der Waals surface area contributed by atoms with E-state index in [9.17, 15) is 0 Å². The fraction of sp³-hybridized carbons (Fsp3) is 0.724. The predicted octanol–water partition coefficient (Wildman–Crippen LogP) is 5.86. The lowest BCUT2D eigenvalue weighted by Crippen LogP contribution is -2.39. The van der Waals surface area contributed by atoms with Gasteiger partial charge in [0.05, 0.1) is 50.3 Å². The monoisotopic (exact) mass is 518 g/mol. The van der Waals surface area contributed by atoms with Crippen LogP contribution >= 0.6 is 0 Å². The van der Waals surface area contributed by atoms with Crippen molar-refractivity contribution < 1.29 is 28.1 Å². The molecule has 3 aliphatic heterocycles. The Morgan fingerprint density at radius 3 is 2.53 bits per heavy atom. The molecular formula is C29H46O6Si. The summed E-state index contributed by atoms with van der Waals surface area (Å²) in [5, 5.41) is 0. The van der Waals surface area contributed by atoms with Crippen molar-refractivity contribution in [1.29, 1.82) is 0 Å². The maximum Gasteiger partial charge on any atom is 0.187 e. The van der Waals surface area contributed by atoms with Crippen molar-refractivity contribution >= 4 is 8.32 Å². The van der Waals surface area contributed by atoms with E-state index in [1.807, 2.05) is 19.3 Å². The molecule has 36 heavy (non-hydrogen) atoms. The summed E-state index contributed by atoms with van der Waals surface area (Å²) in [6.45, 7) is 10.7. The van der Waals surface area contributed by atoms with Crippen molar-refractivity contribution in [2.75, 3.05) is 20.3 Å².